The lowest BCUT2D eigenvalue weighted by Gasteiger charge is -2.36. The predicted octanol–water partition coefficient (Wildman–Crippen LogP) is 3.60. The Hall–Kier alpha value is -2.19. The number of halogens is 2. The number of likely N-dealkylation sites (tertiary alicyclic amines) is 1. The van der Waals surface area contributed by atoms with E-state index in [-0.39, 0.29) is 28.1 Å². The molecule has 2 saturated heterocycles. The van der Waals surface area contributed by atoms with Crippen LogP contribution in [-0.2, 0) is 4.74 Å². The Morgan fingerprint density at radius 3 is 2.85 bits per heavy atom. The number of rotatable bonds is 2. The van der Waals surface area contributed by atoms with E-state index >= 15 is 0 Å². The van der Waals surface area contributed by atoms with E-state index in [2.05, 4.69) is 15.5 Å². The van der Waals surface area contributed by atoms with E-state index < -0.39 is 5.82 Å². The van der Waals surface area contributed by atoms with Crippen LogP contribution in [0, 0.1) is 18.2 Å². The quantitative estimate of drug-likeness (QED) is 0.841. The first-order valence-electron chi connectivity index (χ1n) is 8.86. The molecule has 0 radical (unpaired) electrons. The van der Waals surface area contributed by atoms with Crippen molar-refractivity contribution in [2.75, 3.05) is 31.6 Å². The molecule has 1 aromatic heterocycles. The predicted molar refractivity (Wildman–Crippen MR) is 96.3 cm³/mol. The SMILES string of the molecule is Cc1noc(C2CN(C(=O)Nc3ccc(Cl)cc3F)CC23CCOCC3)n1. The zero-order chi connectivity index (χ0) is 19.0. The lowest BCUT2D eigenvalue weighted by molar-refractivity contribution is 0.00959. The summed E-state index contributed by atoms with van der Waals surface area (Å²) in [6, 6.07) is 3.80. The summed E-state index contributed by atoms with van der Waals surface area (Å²) in [5.74, 6) is 0.476. The summed E-state index contributed by atoms with van der Waals surface area (Å²) < 4.78 is 25.0. The molecule has 4 rings (SSSR count). The third-order valence-corrected chi connectivity index (χ3v) is 5.67. The number of hydrogen-bond donors (Lipinski definition) is 1. The molecule has 144 valence electrons. The Kier molecular flexibility index (Phi) is 4.77. The molecule has 7 nitrogen and oxygen atoms in total. The molecule has 27 heavy (non-hydrogen) atoms. The van der Waals surface area contributed by atoms with Gasteiger partial charge < -0.3 is 19.5 Å². The monoisotopic (exact) mass is 394 g/mol. The molecule has 1 N–H and O–H groups in total. The Morgan fingerprint density at radius 1 is 1.41 bits per heavy atom. The molecule has 0 aliphatic carbocycles. The first kappa shape index (κ1) is 18.2. The standard InChI is InChI=1S/C18H20ClFN4O3/c1-11-21-16(27-23-11)13-9-24(10-18(13)4-6-26-7-5-18)17(25)22-15-3-2-12(19)8-14(15)20/h2-3,8,13H,4-7,9-10H2,1H3,(H,22,25). The normalized spacial score (nSPS) is 21.6. The summed E-state index contributed by atoms with van der Waals surface area (Å²) in [6.45, 7) is 3.99. The molecule has 2 fully saturated rings. The minimum atomic E-state index is -0.570. The van der Waals surface area contributed by atoms with Crippen LogP contribution in [0.2, 0.25) is 5.02 Å². The largest absolute Gasteiger partial charge is 0.381 e. The molecule has 1 atom stereocenters. The molecule has 2 aromatic rings. The summed E-state index contributed by atoms with van der Waals surface area (Å²) in [7, 11) is 0. The second kappa shape index (κ2) is 7.09. The number of carbonyl (C=O) groups excluding carboxylic acids is 1. The summed E-state index contributed by atoms with van der Waals surface area (Å²) in [4.78, 5) is 18.9. The zero-order valence-corrected chi connectivity index (χ0v) is 15.6. The van der Waals surface area contributed by atoms with Crippen LogP contribution in [0.25, 0.3) is 0 Å². The number of hydrogen-bond acceptors (Lipinski definition) is 5. The Bertz CT molecular complexity index is 853. The molecular formula is C18H20ClFN4O3. The first-order chi connectivity index (χ1) is 13.0. The van der Waals surface area contributed by atoms with E-state index in [9.17, 15) is 9.18 Å². The van der Waals surface area contributed by atoms with E-state index in [0.717, 1.165) is 12.8 Å². The minimum absolute atomic E-state index is 0.0663. The van der Waals surface area contributed by atoms with Crippen molar-refractivity contribution in [1.29, 1.82) is 0 Å². The van der Waals surface area contributed by atoms with Gasteiger partial charge in [0.05, 0.1) is 11.6 Å². The van der Waals surface area contributed by atoms with Gasteiger partial charge in [-0.15, -0.1) is 0 Å². The smallest absolute Gasteiger partial charge is 0.321 e. The molecule has 1 unspecified atom stereocenters. The maximum atomic E-state index is 14.0. The van der Waals surface area contributed by atoms with Crippen molar-refractivity contribution in [3.63, 3.8) is 0 Å². The maximum Gasteiger partial charge on any atom is 0.321 e. The Morgan fingerprint density at radius 2 is 2.19 bits per heavy atom. The van der Waals surface area contributed by atoms with Crippen molar-refractivity contribution in [3.05, 3.63) is 40.8 Å². The van der Waals surface area contributed by atoms with E-state index in [0.29, 0.717) is 38.0 Å². The fourth-order valence-electron chi connectivity index (χ4n) is 3.99. The number of anilines is 1. The van der Waals surface area contributed by atoms with Crippen molar-refractivity contribution in [1.82, 2.24) is 15.0 Å². The Balaban J connectivity index is 1.56. The van der Waals surface area contributed by atoms with Crippen molar-refractivity contribution in [2.45, 2.75) is 25.7 Å². The fraction of sp³-hybridized carbons (Fsp3) is 0.500. The van der Waals surface area contributed by atoms with Crippen LogP contribution in [-0.4, -0.2) is 47.4 Å². The molecule has 3 heterocycles. The molecule has 2 aliphatic heterocycles. The molecule has 2 aliphatic rings. The van der Waals surface area contributed by atoms with Crippen LogP contribution in [0.15, 0.2) is 22.7 Å². The third-order valence-electron chi connectivity index (χ3n) is 5.44. The zero-order valence-electron chi connectivity index (χ0n) is 14.9. The van der Waals surface area contributed by atoms with E-state index in [1.54, 1.807) is 11.8 Å². The number of urea groups is 1. The highest BCUT2D eigenvalue weighted by molar-refractivity contribution is 6.30. The van der Waals surface area contributed by atoms with Gasteiger partial charge in [0.1, 0.15) is 5.82 Å². The van der Waals surface area contributed by atoms with Crippen molar-refractivity contribution >= 4 is 23.3 Å². The number of benzene rings is 1. The lowest BCUT2D eigenvalue weighted by Crippen LogP contribution is -2.38. The molecule has 1 aromatic carbocycles. The number of nitrogens with zero attached hydrogens (tertiary/aromatic N) is 3. The second-order valence-corrected chi connectivity index (χ2v) is 7.58. The van der Waals surface area contributed by atoms with Gasteiger partial charge in [-0.25, -0.2) is 9.18 Å². The van der Waals surface area contributed by atoms with Crippen molar-refractivity contribution in [3.8, 4) is 0 Å². The molecular weight excluding hydrogens is 375 g/mol. The third kappa shape index (κ3) is 3.51. The average Bonchev–Trinajstić information content (AvgIpc) is 3.22. The van der Waals surface area contributed by atoms with Gasteiger partial charge in [0, 0.05) is 36.7 Å². The highest BCUT2D eigenvalue weighted by atomic mass is 35.5. The summed E-state index contributed by atoms with van der Waals surface area (Å²) in [6.07, 6.45) is 1.61. The summed E-state index contributed by atoms with van der Waals surface area (Å²) in [5, 5.41) is 6.81. The van der Waals surface area contributed by atoms with Crippen LogP contribution >= 0.6 is 11.6 Å². The van der Waals surface area contributed by atoms with Crippen molar-refractivity contribution < 1.29 is 18.4 Å². The number of amides is 2. The number of aryl methyl sites for hydroxylation is 1. The number of nitrogens with one attached hydrogen (secondary N) is 1. The van der Waals surface area contributed by atoms with Crippen LogP contribution in [0.1, 0.15) is 30.5 Å². The van der Waals surface area contributed by atoms with Gasteiger partial charge >= 0.3 is 6.03 Å². The van der Waals surface area contributed by atoms with Crippen LogP contribution in [0.5, 0.6) is 0 Å². The number of ether oxygens (including phenoxy) is 1. The van der Waals surface area contributed by atoms with Gasteiger partial charge in [-0.1, -0.05) is 16.8 Å². The Labute approximate surface area is 160 Å². The first-order valence-corrected chi connectivity index (χ1v) is 9.24. The minimum Gasteiger partial charge on any atom is -0.381 e. The van der Waals surface area contributed by atoms with Crippen LogP contribution in [0.4, 0.5) is 14.9 Å². The number of aromatic nitrogens is 2. The fourth-order valence-corrected chi connectivity index (χ4v) is 4.15. The van der Waals surface area contributed by atoms with Gasteiger partial charge in [-0.2, -0.15) is 4.98 Å². The lowest BCUT2D eigenvalue weighted by atomic mass is 9.72. The molecule has 9 heteroatoms. The van der Waals surface area contributed by atoms with E-state index in [4.69, 9.17) is 20.9 Å². The van der Waals surface area contributed by atoms with Crippen LogP contribution in [0.3, 0.4) is 0 Å². The van der Waals surface area contributed by atoms with E-state index in [1.165, 1.54) is 18.2 Å². The maximum absolute atomic E-state index is 14.0. The van der Waals surface area contributed by atoms with Gasteiger partial charge in [0.15, 0.2) is 5.82 Å². The highest BCUT2D eigenvalue weighted by Gasteiger charge is 2.51. The second-order valence-electron chi connectivity index (χ2n) is 7.14. The van der Waals surface area contributed by atoms with Crippen molar-refractivity contribution in [2.24, 2.45) is 5.41 Å². The summed E-state index contributed by atoms with van der Waals surface area (Å²) >= 11 is 5.77. The highest BCUT2D eigenvalue weighted by Crippen LogP contribution is 2.49. The van der Waals surface area contributed by atoms with E-state index in [1.807, 2.05) is 0 Å². The van der Waals surface area contributed by atoms with Gasteiger partial charge in [-0.05, 0) is 38.0 Å². The molecule has 0 bridgehead atoms. The van der Waals surface area contributed by atoms with Crippen LogP contribution < -0.4 is 5.32 Å². The average molecular weight is 395 g/mol. The van der Waals surface area contributed by atoms with Gasteiger partial charge in [0.25, 0.3) is 0 Å². The van der Waals surface area contributed by atoms with Gasteiger partial charge in [-0.3, -0.25) is 0 Å². The molecule has 1 spiro atoms. The molecule has 2 amide bonds. The topological polar surface area (TPSA) is 80.5 Å². The molecule has 0 saturated carbocycles. The van der Waals surface area contributed by atoms with Gasteiger partial charge in [0.2, 0.25) is 5.89 Å². The summed E-state index contributed by atoms with van der Waals surface area (Å²) in [5.41, 5.74) is -0.0740. The number of carbonyl (C=O) groups is 1.